The molecule has 2 saturated carbocycles. The number of thioether (sulfide) groups is 1. The number of anilines is 2. The van der Waals surface area contributed by atoms with Gasteiger partial charge in [0.1, 0.15) is 5.75 Å². The van der Waals surface area contributed by atoms with Crippen molar-refractivity contribution in [1.29, 1.82) is 0 Å². The molecule has 2 aromatic rings. The Morgan fingerprint density at radius 2 is 1.74 bits per heavy atom. The lowest BCUT2D eigenvalue weighted by molar-refractivity contribution is -0.181. The first-order valence-corrected chi connectivity index (χ1v) is 16.1. The van der Waals surface area contributed by atoms with Crippen molar-refractivity contribution >= 4 is 52.2 Å². The van der Waals surface area contributed by atoms with E-state index >= 15 is 0 Å². The molecule has 12 heteroatoms. The van der Waals surface area contributed by atoms with E-state index in [0.717, 1.165) is 10.5 Å². The topological polar surface area (TPSA) is 170 Å². The van der Waals surface area contributed by atoms with Gasteiger partial charge in [0.15, 0.2) is 34.7 Å². The van der Waals surface area contributed by atoms with Crippen LogP contribution in [0.1, 0.15) is 48.7 Å². The Balaban J connectivity index is 1.57. The lowest BCUT2D eigenvalue weighted by Gasteiger charge is -2.52. The normalized spacial score (nSPS) is 27.6. The summed E-state index contributed by atoms with van der Waals surface area (Å²) in [5.41, 5.74) is 5.12. The number of hydrogen-bond acceptors (Lipinski definition) is 11. The summed E-state index contributed by atoms with van der Waals surface area (Å²) < 4.78 is -0.0300. The third-order valence-electron chi connectivity index (χ3n) is 9.38. The number of nitrogens with one attached hydrogen (secondary N) is 1. The first-order chi connectivity index (χ1) is 21.4. The number of phenolic OH excluding ortho intramolecular Hbond substituents is 1. The number of primary amides is 1. The Hall–Kier alpha value is -3.74. The van der Waals surface area contributed by atoms with Crippen molar-refractivity contribution in [3.05, 3.63) is 47.0 Å². The number of fused-ring (bicyclic) bond motifs is 3. The number of phenols is 1. The number of rotatable bonds is 7. The average Bonchev–Trinajstić information content (AvgIpc) is 2.94. The molecule has 0 bridgehead atoms. The average molecular weight is 651 g/mol. The van der Waals surface area contributed by atoms with Crippen LogP contribution < -0.4 is 16.0 Å². The highest BCUT2D eigenvalue weighted by Crippen LogP contribution is 2.53. The molecule has 2 fully saturated rings. The van der Waals surface area contributed by atoms with Crippen LogP contribution in [0.5, 0.6) is 5.75 Å². The molecule has 246 valence electrons. The number of nitrogens with zero attached hydrogens (tertiary/aromatic N) is 2. The number of benzene rings is 2. The van der Waals surface area contributed by atoms with E-state index in [4.69, 9.17) is 5.73 Å². The van der Waals surface area contributed by atoms with Crippen LogP contribution in [0.25, 0.3) is 0 Å². The number of carbonyl (C=O) groups excluding carboxylic acids is 5. The van der Waals surface area contributed by atoms with E-state index in [1.54, 1.807) is 31.9 Å². The zero-order valence-corrected chi connectivity index (χ0v) is 28.0. The van der Waals surface area contributed by atoms with Gasteiger partial charge in [0.25, 0.3) is 0 Å². The summed E-state index contributed by atoms with van der Waals surface area (Å²) in [5, 5.41) is 26.7. The molecule has 0 aromatic heterocycles. The maximum atomic E-state index is 14.3. The van der Waals surface area contributed by atoms with Gasteiger partial charge < -0.3 is 26.2 Å². The van der Waals surface area contributed by atoms with Crippen LogP contribution in [-0.2, 0) is 32.1 Å². The van der Waals surface area contributed by atoms with E-state index in [0.29, 0.717) is 23.5 Å². The number of aliphatic hydroxyl groups is 1. The minimum atomic E-state index is -2.76. The summed E-state index contributed by atoms with van der Waals surface area (Å²) in [6, 6.07) is 8.55. The summed E-state index contributed by atoms with van der Waals surface area (Å²) >= 11 is 1.72. The molecule has 5 rings (SSSR count). The van der Waals surface area contributed by atoms with Crippen LogP contribution in [-0.4, -0.2) is 88.7 Å². The lowest BCUT2D eigenvalue weighted by atomic mass is 9.52. The number of carbonyl (C=O) groups is 5. The third-order valence-corrected chi connectivity index (χ3v) is 10.6. The summed E-state index contributed by atoms with van der Waals surface area (Å²) in [6.45, 7) is 6.72. The van der Waals surface area contributed by atoms with Gasteiger partial charge in [-0.2, -0.15) is 0 Å². The van der Waals surface area contributed by atoms with E-state index in [1.807, 2.05) is 43.3 Å². The highest BCUT2D eigenvalue weighted by Gasteiger charge is 2.69. The quantitative estimate of drug-likeness (QED) is 0.197. The van der Waals surface area contributed by atoms with Gasteiger partial charge in [0.2, 0.25) is 5.91 Å². The fourth-order valence-corrected chi connectivity index (χ4v) is 8.53. The Morgan fingerprint density at radius 3 is 2.33 bits per heavy atom. The van der Waals surface area contributed by atoms with Crippen molar-refractivity contribution in [3.8, 4) is 5.75 Å². The van der Waals surface area contributed by atoms with Crippen LogP contribution in [0.3, 0.4) is 0 Å². The number of likely N-dealkylation sites (N-methyl/N-ethyl adjacent to an activating group) is 1. The maximum Gasteiger partial charge on any atom is 0.235 e. The fourth-order valence-electron chi connectivity index (χ4n) is 7.46. The smallest absolute Gasteiger partial charge is 0.235 e. The Kier molecular flexibility index (Phi) is 8.63. The molecule has 46 heavy (non-hydrogen) atoms. The summed E-state index contributed by atoms with van der Waals surface area (Å²) in [5.74, 6) is -10.7. The third kappa shape index (κ3) is 5.39. The molecule has 0 heterocycles. The van der Waals surface area contributed by atoms with E-state index in [1.165, 1.54) is 4.90 Å². The largest absolute Gasteiger partial charge is 0.505 e. The second kappa shape index (κ2) is 11.8. The van der Waals surface area contributed by atoms with Crippen molar-refractivity contribution in [2.45, 2.75) is 61.4 Å². The molecule has 2 aromatic carbocycles. The van der Waals surface area contributed by atoms with Gasteiger partial charge in [0.05, 0.1) is 23.2 Å². The van der Waals surface area contributed by atoms with Crippen LogP contribution >= 0.6 is 11.8 Å². The van der Waals surface area contributed by atoms with Crippen LogP contribution in [0, 0.1) is 23.7 Å². The van der Waals surface area contributed by atoms with Gasteiger partial charge in [-0.1, -0.05) is 39.0 Å². The molecule has 3 aliphatic carbocycles. The molecule has 5 N–H and O–H groups in total. The molecule has 11 nitrogen and oxygen atoms in total. The van der Waals surface area contributed by atoms with E-state index < -0.39 is 64.4 Å². The molecule has 1 amide bonds. The van der Waals surface area contributed by atoms with Crippen molar-refractivity contribution in [3.63, 3.8) is 0 Å². The van der Waals surface area contributed by atoms with Crippen molar-refractivity contribution in [1.82, 2.24) is 4.90 Å². The van der Waals surface area contributed by atoms with Gasteiger partial charge in [-0.3, -0.25) is 28.9 Å². The highest BCUT2D eigenvalue weighted by molar-refractivity contribution is 8.00. The number of Topliss-reactive ketones (excluding diaryl/α,β-unsaturated/α-hetero) is 4. The Labute approximate surface area is 272 Å². The summed E-state index contributed by atoms with van der Waals surface area (Å²) in [6.07, 6.45) is 0.192. The molecule has 6 atom stereocenters. The number of nitrogens with two attached hydrogens (primary N) is 1. The van der Waals surface area contributed by atoms with Gasteiger partial charge >= 0.3 is 0 Å². The molecule has 2 unspecified atom stereocenters. The van der Waals surface area contributed by atoms with E-state index in [9.17, 15) is 34.2 Å². The molecule has 0 radical (unpaired) electrons. The zero-order chi connectivity index (χ0) is 34.0. The van der Waals surface area contributed by atoms with E-state index in [2.05, 4.69) is 26.1 Å². The second-order valence-electron chi connectivity index (χ2n) is 14.0. The number of ketones is 4. The Morgan fingerprint density at radius 1 is 1.09 bits per heavy atom. The molecular formula is C34H42N4O7S. The molecule has 0 spiro atoms. The number of aromatic hydroxyl groups is 1. The lowest BCUT2D eigenvalue weighted by Crippen LogP contribution is -2.74. The predicted octanol–water partition coefficient (Wildman–Crippen LogP) is 2.44. The van der Waals surface area contributed by atoms with E-state index in [-0.39, 0.29) is 28.9 Å². The summed E-state index contributed by atoms with van der Waals surface area (Å²) in [7, 11) is 6.76. The van der Waals surface area contributed by atoms with Crippen molar-refractivity contribution in [2.75, 3.05) is 38.4 Å². The minimum Gasteiger partial charge on any atom is -0.505 e. The van der Waals surface area contributed by atoms with Crippen LogP contribution in [0.2, 0.25) is 0 Å². The van der Waals surface area contributed by atoms with Crippen molar-refractivity contribution < 1.29 is 34.2 Å². The molecular weight excluding hydrogens is 608 g/mol. The molecule has 0 aliphatic heterocycles. The van der Waals surface area contributed by atoms with Gasteiger partial charge in [-0.25, -0.2) is 0 Å². The van der Waals surface area contributed by atoms with Crippen molar-refractivity contribution in [2.24, 2.45) is 29.4 Å². The van der Waals surface area contributed by atoms with Crippen LogP contribution in [0.4, 0.5) is 11.4 Å². The first-order valence-electron chi connectivity index (χ1n) is 15.3. The minimum absolute atomic E-state index is 0.000243. The Bertz CT molecular complexity index is 1650. The zero-order valence-electron chi connectivity index (χ0n) is 27.2. The first kappa shape index (κ1) is 33.6. The standard InChI is InChI=1S/C34H42N4O7S/c1-33(2,3)46-22-11-9-8-10-16(22)15-36-20-14-21(37(4)5)18-12-17-13-19-26(38(6)7)29(41)25(32(35)44)31(43)34(19,45)30(42)23(17)28(40)24(18)27(20)39/h8-11,14,17,19,23,25-26,36,39,45H,12-13,15H2,1-7H3,(H2,35,44)/t17-,19-,23?,25?,26-,34+/m0/s1. The number of hydrogen-bond donors (Lipinski definition) is 4. The maximum absolute atomic E-state index is 14.3. The number of amides is 1. The van der Waals surface area contributed by atoms with Crippen LogP contribution in [0.15, 0.2) is 35.2 Å². The monoisotopic (exact) mass is 650 g/mol. The van der Waals surface area contributed by atoms with Gasteiger partial charge in [-0.15, -0.1) is 11.8 Å². The fraction of sp³-hybridized carbons (Fsp3) is 0.500. The SMILES string of the molecule is CN(C)c1cc(NCc2ccccc2SC(C)(C)C)c(O)c2c1C[C@H]1C[C@H]3[C@H](N(C)C)C(=O)C(C(N)=O)C(=O)[C@]3(O)C(=O)C1C2=O. The molecule has 3 aliphatic rings. The highest BCUT2D eigenvalue weighted by atomic mass is 32.2. The predicted molar refractivity (Wildman–Crippen MR) is 175 cm³/mol. The second-order valence-corrected chi connectivity index (χ2v) is 15.9. The molecule has 0 saturated heterocycles. The van der Waals surface area contributed by atoms with Gasteiger partial charge in [-0.05, 0) is 56.1 Å². The summed E-state index contributed by atoms with van der Waals surface area (Å²) in [4.78, 5) is 72.0. The van der Waals surface area contributed by atoms with Gasteiger partial charge in [0, 0.05) is 41.9 Å².